The molecule has 0 N–H and O–H groups in total. The van der Waals surface area contributed by atoms with E-state index in [1.807, 2.05) is 0 Å². The van der Waals surface area contributed by atoms with Gasteiger partial charge in [0.2, 0.25) is 0 Å². The first-order chi connectivity index (χ1) is 15.3. The zero-order valence-corrected chi connectivity index (χ0v) is 20.9. The van der Waals surface area contributed by atoms with E-state index in [0.29, 0.717) is 12.5 Å². The molecule has 32 heavy (non-hydrogen) atoms. The van der Waals surface area contributed by atoms with Crippen molar-refractivity contribution in [3.05, 3.63) is 47.3 Å². The van der Waals surface area contributed by atoms with Crippen LogP contribution in [0.1, 0.15) is 63.4 Å². The van der Waals surface area contributed by atoms with Crippen LogP contribution in [0, 0.1) is 5.41 Å². The van der Waals surface area contributed by atoms with Crippen LogP contribution in [0.25, 0.3) is 16.8 Å². The number of rotatable bonds is 9. The number of methoxy groups -OCH3 is 2. The maximum Gasteiger partial charge on any atom is 0.138 e. The number of hydrogen-bond donors (Lipinski definition) is 0. The maximum absolute atomic E-state index is 5.61. The Kier molecular flexibility index (Phi) is 8.07. The lowest BCUT2D eigenvalue weighted by Crippen LogP contribution is -2.27. The van der Waals surface area contributed by atoms with Gasteiger partial charge in [-0.3, -0.25) is 0 Å². The number of pyridine rings is 2. The van der Waals surface area contributed by atoms with Crippen LogP contribution in [0.5, 0.6) is 0 Å². The van der Waals surface area contributed by atoms with Gasteiger partial charge in [0.05, 0.1) is 24.6 Å². The van der Waals surface area contributed by atoms with Crippen LogP contribution < -0.4 is 4.90 Å². The summed E-state index contributed by atoms with van der Waals surface area (Å²) in [6.07, 6.45) is 5.43. The van der Waals surface area contributed by atoms with E-state index in [2.05, 4.69) is 70.0 Å². The van der Waals surface area contributed by atoms with E-state index in [9.17, 15) is 0 Å². The highest BCUT2D eigenvalue weighted by Crippen LogP contribution is 2.39. The Morgan fingerprint density at radius 1 is 1.09 bits per heavy atom. The summed E-state index contributed by atoms with van der Waals surface area (Å²) in [7, 11) is 5.61. The molecule has 0 saturated carbocycles. The highest BCUT2D eigenvalue weighted by atomic mass is 16.5. The van der Waals surface area contributed by atoms with Crippen molar-refractivity contribution in [1.29, 1.82) is 0 Å². The number of anilines is 1. The van der Waals surface area contributed by atoms with Gasteiger partial charge in [0.25, 0.3) is 0 Å². The lowest BCUT2D eigenvalue weighted by Gasteiger charge is -2.30. The zero-order valence-electron chi connectivity index (χ0n) is 20.9. The van der Waals surface area contributed by atoms with Crippen LogP contribution in [0.3, 0.4) is 0 Å². The summed E-state index contributed by atoms with van der Waals surface area (Å²) in [4.78, 5) is 12.4. The first-order valence-corrected chi connectivity index (χ1v) is 11.7. The van der Waals surface area contributed by atoms with E-state index < -0.39 is 0 Å². The van der Waals surface area contributed by atoms with Crippen LogP contribution in [0.4, 0.5) is 5.82 Å². The molecule has 1 atom stereocenters. The number of aromatic nitrogens is 2. The van der Waals surface area contributed by atoms with Gasteiger partial charge in [0.15, 0.2) is 0 Å². The average Bonchev–Trinajstić information content (AvgIpc) is 2.93. The molecule has 0 aliphatic heterocycles. The smallest absolute Gasteiger partial charge is 0.138 e. The Balaban J connectivity index is 2.06. The molecule has 0 aromatic carbocycles. The largest absolute Gasteiger partial charge is 0.384 e. The number of allylic oxidation sites excluding steroid dienone is 2. The summed E-state index contributed by atoms with van der Waals surface area (Å²) in [5.41, 5.74) is 6.91. The summed E-state index contributed by atoms with van der Waals surface area (Å²) < 4.78 is 10.9. The highest BCUT2D eigenvalue weighted by Gasteiger charge is 2.31. The number of fused-ring (bicyclic) bond motifs is 1. The predicted molar refractivity (Wildman–Crippen MR) is 133 cm³/mol. The van der Waals surface area contributed by atoms with Crippen molar-refractivity contribution in [2.75, 3.05) is 45.9 Å². The van der Waals surface area contributed by atoms with Gasteiger partial charge in [0.1, 0.15) is 5.82 Å². The summed E-state index contributed by atoms with van der Waals surface area (Å²) >= 11 is 0. The van der Waals surface area contributed by atoms with Crippen LogP contribution >= 0.6 is 0 Å². The topological polar surface area (TPSA) is 47.5 Å². The SMILES string of the molecule is CCC1(COC)CC=C(C)c2nc(-c3ccc(C(C)C)nc3N(C)CCOC)ccc2C1. The van der Waals surface area contributed by atoms with Gasteiger partial charge in [-0.1, -0.05) is 32.9 Å². The fraction of sp³-hybridized carbons (Fsp3) is 0.556. The van der Waals surface area contributed by atoms with E-state index in [0.717, 1.165) is 60.9 Å². The lowest BCUT2D eigenvalue weighted by molar-refractivity contribution is 0.0777. The zero-order chi connectivity index (χ0) is 23.3. The molecule has 0 saturated heterocycles. The molecule has 1 aliphatic rings. The maximum atomic E-state index is 5.61. The number of ether oxygens (including phenoxy) is 2. The average molecular weight is 438 g/mol. The Bertz CT molecular complexity index is 954. The minimum atomic E-state index is 0.135. The van der Waals surface area contributed by atoms with Crippen molar-refractivity contribution < 1.29 is 9.47 Å². The Labute approximate surface area is 193 Å². The van der Waals surface area contributed by atoms with Crippen molar-refractivity contribution >= 4 is 11.4 Å². The first kappa shape index (κ1) is 24.4. The molecule has 2 aromatic heterocycles. The van der Waals surface area contributed by atoms with Crippen LogP contribution in [-0.2, 0) is 15.9 Å². The van der Waals surface area contributed by atoms with Crippen LogP contribution in [-0.4, -0.2) is 51.0 Å². The molecule has 0 bridgehead atoms. The minimum absolute atomic E-state index is 0.135. The third-order valence-corrected chi connectivity index (χ3v) is 6.72. The molecule has 0 spiro atoms. The second-order valence-corrected chi connectivity index (χ2v) is 9.44. The quantitative estimate of drug-likeness (QED) is 0.500. The molecule has 1 unspecified atom stereocenters. The van der Waals surface area contributed by atoms with E-state index in [1.165, 1.54) is 11.1 Å². The molecule has 0 fully saturated rings. The molecule has 0 radical (unpaired) electrons. The van der Waals surface area contributed by atoms with Gasteiger partial charge in [-0.25, -0.2) is 9.97 Å². The molecule has 1 aliphatic carbocycles. The Hall–Kier alpha value is -2.24. The number of likely N-dealkylation sites (N-methyl/N-ethyl adjacent to an activating group) is 1. The van der Waals surface area contributed by atoms with Gasteiger partial charge in [-0.15, -0.1) is 0 Å². The van der Waals surface area contributed by atoms with E-state index in [-0.39, 0.29) is 5.41 Å². The molecular weight excluding hydrogens is 398 g/mol. The van der Waals surface area contributed by atoms with Crippen LogP contribution in [0.2, 0.25) is 0 Å². The second-order valence-electron chi connectivity index (χ2n) is 9.44. The summed E-state index contributed by atoms with van der Waals surface area (Å²) in [5.74, 6) is 1.32. The summed E-state index contributed by atoms with van der Waals surface area (Å²) in [5, 5.41) is 0. The first-order valence-electron chi connectivity index (χ1n) is 11.7. The second kappa shape index (κ2) is 10.6. The van der Waals surface area contributed by atoms with Crippen molar-refractivity contribution in [1.82, 2.24) is 9.97 Å². The molecule has 2 heterocycles. The van der Waals surface area contributed by atoms with Crippen molar-refractivity contribution in [2.45, 2.75) is 52.9 Å². The van der Waals surface area contributed by atoms with Gasteiger partial charge in [-0.05, 0) is 61.4 Å². The molecule has 2 aromatic rings. The minimum Gasteiger partial charge on any atom is -0.384 e. The van der Waals surface area contributed by atoms with Gasteiger partial charge in [0, 0.05) is 44.5 Å². The third kappa shape index (κ3) is 5.21. The van der Waals surface area contributed by atoms with Crippen molar-refractivity contribution in [3.63, 3.8) is 0 Å². The Morgan fingerprint density at radius 2 is 1.88 bits per heavy atom. The fourth-order valence-corrected chi connectivity index (χ4v) is 4.46. The van der Waals surface area contributed by atoms with Crippen molar-refractivity contribution in [2.24, 2.45) is 5.41 Å². The molecule has 174 valence electrons. The van der Waals surface area contributed by atoms with E-state index in [4.69, 9.17) is 19.4 Å². The molecule has 5 nitrogen and oxygen atoms in total. The summed E-state index contributed by atoms with van der Waals surface area (Å²) in [6.45, 7) is 11.0. The third-order valence-electron chi connectivity index (χ3n) is 6.72. The monoisotopic (exact) mass is 437 g/mol. The highest BCUT2D eigenvalue weighted by molar-refractivity contribution is 5.76. The van der Waals surface area contributed by atoms with E-state index in [1.54, 1.807) is 14.2 Å². The molecule has 0 amide bonds. The predicted octanol–water partition coefficient (Wildman–Crippen LogP) is 5.74. The van der Waals surface area contributed by atoms with Gasteiger partial charge < -0.3 is 14.4 Å². The molecule has 5 heteroatoms. The number of hydrogen-bond acceptors (Lipinski definition) is 5. The van der Waals surface area contributed by atoms with Gasteiger partial charge in [-0.2, -0.15) is 0 Å². The summed E-state index contributed by atoms with van der Waals surface area (Å²) in [6, 6.07) is 8.72. The Morgan fingerprint density at radius 3 is 2.53 bits per heavy atom. The van der Waals surface area contributed by atoms with Gasteiger partial charge >= 0.3 is 0 Å². The normalized spacial score (nSPS) is 18.3. The standard InChI is InChI=1S/C27H39N3O2/c1-8-27(18-32-7)14-13-20(4)25-21(17-27)9-11-24(28-25)22-10-12-23(19(2)3)29-26(22)30(5)15-16-31-6/h9-13,19H,8,14-18H2,1-7H3. The van der Waals surface area contributed by atoms with E-state index >= 15 is 0 Å². The van der Waals surface area contributed by atoms with Crippen molar-refractivity contribution in [3.8, 4) is 11.3 Å². The number of nitrogens with zero attached hydrogens (tertiary/aromatic N) is 3. The van der Waals surface area contributed by atoms with Crippen LogP contribution in [0.15, 0.2) is 30.3 Å². The molecule has 3 rings (SSSR count). The lowest BCUT2D eigenvalue weighted by atomic mass is 9.78. The fourth-order valence-electron chi connectivity index (χ4n) is 4.46. The molecular formula is C27H39N3O2.